The number of nitrogens with two attached hydrogens (primary N) is 1. The molecule has 20 heavy (non-hydrogen) atoms. The molecule has 0 aliphatic carbocycles. The van der Waals surface area contributed by atoms with Gasteiger partial charge in [-0.25, -0.2) is 0 Å². The molecular formula is C16H26N2O2. The van der Waals surface area contributed by atoms with Crippen LogP contribution in [0, 0.1) is 5.92 Å². The van der Waals surface area contributed by atoms with Gasteiger partial charge in [0.05, 0.1) is 12.6 Å². The Bertz CT molecular complexity index is 416. The highest BCUT2D eigenvalue weighted by atomic mass is 16.5. The van der Waals surface area contributed by atoms with E-state index in [0.717, 1.165) is 5.56 Å². The average molecular weight is 278 g/mol. The lowest BCUT2D eigenvalue weighted by Gasteiger charge is -2.29. The summed E-state index contributed by atoms with van der Waals surface area (Å²) in [6.45, 7) is 8.93. The van der Waals surface area contributed by atoms with Crippen LogP contribution in [0.5, 0.6) is 0 Å². The molecule has 0 spiro atoms. The summed E-state index contributed by atoms with van der Waals surface area (Å²) in [5.41, 5.74) is 5.97. The molecule has 0 fully saturated rings. The molecule has 1 rings (SSSR count). The van der Waals surface area contributed by atoms with Gasteiger partial charge in [0.25, 0.3) is 0 Å². The predicted octanol–water partition coefficient (Wildman–Crippen LogP) is 2.04. The molecule has 2 unspecified atom stereocenters. The molecule has 1 amide bonds. The summed E-state index contributed by atoms with van der Waals surface area (Å²) in [5, 5.41) is 3.00. The Morgan fingerprint density at radius 1 is 1.35 bits per heavy atom. The number of nitrogens with one attached hydrogen (secondary N) is 1. The fraction of sp³-hybridized carbons (Fsp3) is 0.562. The van der Waals surface area contributed by atoms with E-state index in [1.165, 1.54) is 0 Å². The summed E-state index contributed by atoms with van der Waals surface area (Å²) in [5.74, 6) is 0.110. The Morgan fingerprint density at radius 2 is 1.95 bits per heavy atom. The topological polar surface area (TPSA) is 64.3 Å². The fourth-order valence-electron chi connectivity index (χ4n) is 1.88. The maximum absolute atomic E-state index is 12.5. The number of benzene rings is 1. The minimum atomic E-state index is -1.04. The van der Waals surface area contributed by atoms with Gasteiger partial charge in [-0.3, -0.25) is 4.79 Å². The fourth-order valence-corrected chi connectivity index (χ4v) is 1.88. The minimum absolute atomic E-state index is 0.0333. The molecule has 112 valence electrons. The average Bonchev–Trinajstić information content (AvgIpc) is 2.43. The Morgan fingerprint density at radius 3 is 2.45 bits per heavy atom. The van der Waals surface area contributed by atoms with Crippen molar-refractivity contribution in [2.45, 2.75) is 39.3 Å². The van der Waals surface area contributed by atoms with Crippen molar-refractivity contribution in [3.63, 3.8) is 0 Å². The van der Waals surface area contributed by atoms with Gasteiger partial charge in [0, 0.05) is 6.61 Å². The van der Waals surface area contributed by atoms with Crippen molar-refractivity contribution in [2.75, 3.05) is 13.2 Å². The first-order valence-electron chi connectivity index (χ1n) is 7.12. The quantitative estimate of drug-likeness (QED) is 0.802. The zero-order valence-corrected chi connectivity index (χ0v) is 12.8. The van der Waals surface area contributed by atoms with Gasteiger partial charge in [-0.15, -0.1) is 0 Å². The molecule has 0 radical (unpaired) electrons. The van der Waals surface area contributed by atoms with Gasteiger partial charge in [-0.2, -0.15) is 0 Å². The molecule has 0 saturated carbocycles. The van der Waals surface area contributed by atoms with Crippen LogP contribution in [0.1, 0.15) is 33.3 Å². The lowest BCUT2D eigenvalue weighted by atomic mass is 9.91. The molecule has 0 bridgehead atoms. The summed E-state index contributed by atoms with van der Waals surface area (Å²) in [4.78, 5) is 12.5. The van der Waals surface area contributed by atoms with Gasteiger partial charge >= 0.3 is 0 Å². The van der Waals surface area contributed by atoms with Gasteiger partial charge in [0.15, 0.2) is 0 Å². The summed E-state index contributed by atoms with van der Waals surface area (Å²) in [6.07, 6.45) is 0. The van der Waals surface area contributed by atoms with Crippen molar-refractivity contribution in [2.24, 2.45) is 11.7 Å². The van der Waals surface area contributed by atoms with Crippen LogP contribution in [0.4, 0.5) is 0 Å². The van der Waals surface area contributed by atoms with Crippen LogP contribution in [-0.4, -0.2) is 25.2 Å². The lowest BCUT2D eigenvalue weighted by molar-refractivity contribution is -0.127. The second-order valence-electron chi connectivity index (χ2n) is 5.55. The largest absolute Gasteiger partial charge is 0.380 e. The van der Waals surface area contributed by atoms with Gasteiger partial charge in [0.1, 0.15) is 5.54 Å². The highest BCUT2D eigenvalue weighted by Crippen LogP contribution is 2.18. The zero-order valence-electron chi connectivity index (χ0n) is 12.8. The van der Waals surface area contributed by atoms with Gasteiger partial charge in [0.2, 0.25) is 5.91 Å². The van der Waals surface area contributed by atoms with Crippen LogP contribution in [-0.2, 0) is 15.1 Å². The van der Waals surface area contributed by atoms with E-state index in [-0.39, 0.29) is 17.9 Å². The lowest BCUT2D eigenvalue weighted by Crippen LogP contribution is -2.54. The second kappa shape index (κ2) is 7.41. The smallest absolute Gasteiger partial charge is 0.244 e. The van der Waals surface area contributed by atoms with E-state index in [0.29, 0.717) is 13.2 Å². The number of hydrogen-bond donors (Lipinski definition) is 2. The Hall–Kier alpha value is -1.39. The molecule has 4 heteroatoms. The number of carbonyl (C=O) groups is 1. The van der Waals surface area contributed by atoms with E-state index in [2.05, 4.69) is 19.2 Å². The molecule has 3 N–H and O–H groups in total. The number of ether oxygens (including phenoxy) is 1. The van der Waals surface area contributed by atoms with Crippen molar-refractivity contribution in [3.8, 4) is 0 Å². The molecule has 0 saturated heterocycles. The van der Waals surface area contributed by atoms with E-state index in [9.17, 15) is 4.79 Å². The molecular weight excluding hydrogens is 252 g/mol. The van der Waals surface area contributed by atoms with E-state index < -0.39 is 5.54 Å². The predicted molar refractivity (Wildman–Crippen MR) is 81.2 cm³/mol. The highest BCUT2D eigenvalue weighted by molar-refractivity contribution is 5.87. The van der Waals surface area contributed by atoms with E-state index in [4.69, 9.17) is 10.5 Å². The van der Waals surface area contributed by atoms with E-state index in [1.54, 1.807) is 6.92 Å². The molecule has 0 aromatic heterocycles. The van der Waals surface area contributed by atoms with Crippen LogP contribution in [0.3, 0.4) is 0 Å². The van der Waals surface area contributed by atoms with Gasteiger partial charge in [-0.1, -0.05) is 44.2 Å². The number of carbonyl (C=O) groups excluding carboxylic acids is 1. The normalized spacial score (nSPS) is 15.7. The molecule has 4 nitrogen and oxygen atoms in total. The molecule has 1 aromatic rings. The summed E-state index contributed by atoms with van der Waals surface area (Å²) in [6, 6.07) is 9.37. The Labute approximate surface area is 121 Å². The first-order chi connectivity index (χ1) is 9.39. The number of hydrogen-bond acceptors (Lipinski definition) is 3. The van der Waals surface area contributed by atoms with E-state index >= 15 is 0 Å². The van der Waals surface area contributed by atoms with Crippen molar-refractivity contribution >= 4 is 5.91 Å². The Kier molecular flexibility index (Phi) is 6.17. The van der Waals surface area contributed by atoms with E-state index in [1.807, 2.05) is 37.3 Å². The van der Waals surface area contributed by atoms with Crippen molar-refractivity contribution < 1.29 is 9.53 Å². The van der Waals surface area contributed by atoms with Crippen LogP contribution >= 0.6 is 0 Å². The standard InChI is InChI=1S/C16H26N2O2/c1-5-20-11-14(12(2)3)18-15(19)16(4,17)13-9-7-6-8-10-13/h6-10,12,14H,5,11,17H2,1-4H3,(H,18,19). The monoisotopic (exact) mass is 278 g/mol. The SMILES string of the molecule is CCOCC(NC(=O)C(C)(N)c1ccccc1)C(C)C. The molecule has 2 atom stereocenters. The highest BCUT2D eigenvalue weighted by Gasteiger charge is 2.32. The number of amides is 1. The van der Waals surface area contributed by atoms with Crippen LogP contribution < -0.4 is 11.1 Å². The zero-order chi connectivity index (χ0) is 15.2. The third-order valence-electron chi connectivity index (χ3n) is 3.47. The second-order valence-corrected chi connectivity index (χ2v) is 5.55. The van der Waals surface area contributed by atoms with Gasteiger partial charge in [-0.05, 0) is 25.3 Å². The van der Waals surface area contributed by atoms with Crippen molar-refractivity contribution in [1.82, 2.24) is 5.32 Å². The van der Waals surface area contributed by atoms with Crippen molar-refractivity contribution in [3.05, 3.63) is 35.9 Å². The van der Waals surface area contributed by atoms with Crippen LogP contribution in [0.2, 0.25) is 0 Å². The minimum Gasteiger partial charge on any atom is -0.380 e. The summed E-state index contributed by atoms with van der Waals surface area (Å²) >= 11 is 0. The van der Waals surface area contributed by atoms with Crippen molar-refractivity contribution in [1.29, 1.82) is 0 Å². The Balaban J connectivity index is 2.77. The molecule has 0 aliphatic heterocycles. The molecule has 1 aromatic carbocycles. The first-order valence-corrected chi connectivity index (χ1v) is 7.12. The maximum Gasteiger partial charge on any atom is 0.244 e. The summed E-state index contributed by atoms with van der Waals surface area (Å²) in [7, 11) is 0. The number of rotatable bonds is 7. The van der Waals surface area contributed by atoms with Crippen LogP contribution in [0.25, 0.3) is 0 Å². The van der Waals surface area contributed by atoms with Gasteiger partial charge < -0.3 is 15.8 Å². The molecule has 0 aliphatic rings. The maximum atomic E-state index is 12.5. The first kappa shape index (κ1) is 16.7. The van der Waals surface area contributed by atoms with Crippen LogP contribution in [0.15, 0.2) is 30.3 Å². The third-order valence-corrected chi connectivity index (χ3v) is 3.47. The summed E-state index contributed by atoms with van der Waals surface area (Å²) < 4.78 is 5.42. The molecule has 0 heterocycles. The third kappa shape index (κ3) is 4.32.